The lowest BCUT2D eigenvalue weighted by molar-refractivity contribution is -0.141. The number of hydrogen-bond acceptors (Lipinski definition) is 6. The molecule has 0 bridgehead atoms. The van der Waals surface area contributed by atoms with Crippen molar-refractivity contribution in [2.75, 3.05) is 6.61 Å². The summed E-state index contributed by atoms with van der Waals surface area (Å²) in [5.41, 5.74) is -2.04. The summed E-state index contributed by atoms with van der Waals surface area (Å²) in [5, 5.41) is 34.0. The molecule has 0 atom stereocenters. The van der Waals surface area contributed by atoms with Crippen molar-refractivity contribution in [3.8, 4) is 0 Å². The first-order valence-corrected chi connectivity index (χ1v) is 11.1. The van der Waals surface area contributed by atoms with E-state index < -0.39 is 29.1 Å². The zero-order valence-electron chi connectivity index (χ0n) is 19.0. The minimum atomic E-state index is -4.69. The number of aliphatic hydroxyl groups excluding tert-OH is 1. The monoisotopic (exact) mass is 478 g/mol. The number of nitrogens with one attached hydrogen (secondary N) is 3. The number of aromatic nitrogens is 1. The van der Waals surface area contributed by atoms with Crippen LogP contribution in [-0.2, 0) is 6.18 Å². The number of alkyl halides is 3. The van der Waals surface area contributed by atoms with Crippen LogP contribution in [0.1, 0.15) is 55.7 Å². The Balaban J connectivity index is 1.82. The fourth-order valence-corrected chi connectivity index (χ4v) is 3.97. The fraction of sp³-hybridized carbons (Fsp3) is 0.458. The zero-order chi connectivity index (χ0) is 25.1. The minimum Gasteiger partial charge on any atom is -0.396 e. The van der Waals surface area contributed by atoms with Crippen molar-refractivity contribution in [1.82, 2.24) is 15.6 Å². The smallest absolute Gasteiger partial charge is 0.396 e. The molecule has 0 saturated heterocycles. The van der Waals surface area contributed by atoms with Crippen LogP contribution >= 0.6 is 0 Å². The molecule has 10 heteroatoms. The molecule has 1 aromatic rings. The second-order valence-corrected chi connectivity index (χ2v) is 9.12. The van der Waals surface area contributed by atoms with E-state index in [-0.39, 0.29) is 29.6 Å². The summed E-state index contributed by atoms with van der Waals surface area (Å²) >= 11 is 0. The van der Waals surface area contributed by atoms with Crippen LogP contribution in [0.4, 0.5) is 13.2 Å². The second kappa shape index (κ2) is 10.1. The Kier molecular flexibility index (Phi) is 7.62. The van der Waals surface area contributed by atoms with Gasteiger partial charge in [0.25, 0.3) is 5.91 Å². The van der Waals surface area contributed by atoms with Crippen LogP contribution in [0, 0.1) is 11.3 Å². The van der Waals surface area contributed by atoms with Gasteiger partial charge in [0.15, 0.2) is 0 Å². The number of carbonyl (C=O) groups excluding carboxylic acids is 1. The third kappa shape index (κ3) is 6.32. The Morgan fingerprint density at radius 1 is 1.21 bits per heavy atom. The van der Waals surface area contributed by atoms with Gasteiger partial charge < -0.3 is 26.3 Å². The first kappa shape index (κ1) is 25.6. The number of amides is 1. The van der Waals surface area contributed by atoms with E-state index in [1.54, 1.807) is 6.20 Å². The number of aliphatic hydroxyl groups is 2. The number of pyridine rings is 1. The first-order chi connectivity index (χ1) is 15.9. The predicted molar refractivity (Wildman–Crippen MR) is 121 cm³/mol. The topological polar surface area (TPSA) is 118 Å². The summed E-state index contributed by atoms with van der Waals surface area (Å²) in [6, 6.07) is 3.23. The van der Waals surface area contributed by atoms with E-state index in [1.807, 2.05) is 0 Å². The number of nitrogens with zero attached hydrogens (tertiary/aromatic N) is 1. The fourth-order valence-electron chi connectivity index (χ4n) is 3.97. The number of rotatable bonds is 6. The van der Waals surface area contributed by atoms with Gasteiger partial charge in [-0.3, -0.25) is 4.79 Å². The van der Waals surface area contributed by atoms with E-state index in [2.05, 4.69) is 15.6 Å². The average molecular weight is 479 g/mol. The van der Waals surface area contributed by atoms with Crippen LogP contribution in [0.3, 0.4) is 0 Å². The summed E-state index contributed by atoms with van der Waals surface area (Å²) in [6.45, 7) is 3.15. The van der Waals surface area contributed by atoms with Crippen molar-refractivity contribution in [3.63, 3.8) is 0 Å². The molecule has 2 aliphatic rings. The third-order valence-electron chi connectivity index (χ3n) is 5.95. The van der Waals surface area contributed by atoms with Crippen LogP contribution in [0.2, 0.25) is 0 Å². The van der Waals surface area contributed by atoms with E-state index in [4.69, 9.17) is 5.41 Å². The van der Waals surface area contributed by atoms with Gasteiger partial charge in [-0.05, 0) is 69.7 Å². The molecule has 1 saturated carbocycles. The van der Waals surface area contributed by atoms with Crippen molar-refractivity contribution in [2.45, 2.75) is 57.3 Å². The summed E-state index contributed by atoms with van der Waals surface area (Å²) in [5.74, 6) is -0.558. The third-order valence-corrected chi connectivity index (χ3v) is 5.95. The molecule has 1 fully saturated rings. The normalized spacial score (nSPS) is 22.8. The molecule has 5 N–H and O–H groups in total. The summed E-state index contributed by atoms with van der Waals surface area (Å²) in [6.07, 6.45) is 3.46. The quantitative estimate of drug-likeness (QED) is 0.429. The second-order valence-electron chi connectivity index (χ2n) is 9.12. The van der Waals surface area contributed by atoms with Crippen LogP contribution in [0.5, 0.6) is 0 Å². The molecule has 1 heterocycles. The Bertz CT molecular complexity index is 1030. The summed E-state index contributed by atoms with van der Waals surface area (Å²) in [4.78, 5) is 16.1. The molecule has 1 aromatic heterocycles. The Labute approximate surface area is 196 Å². The summed E-state index contributed by atoms with van der Waals surface area (Å²) < 4.78 is 39.0. The lowest BCUT2D eigenvalue weighted by atomic mass is 9.86. The Morgan fingerprint density at radius 3 is 2.47 bits per heavy atom. The van der Waals surface area contributed by atoms with Gasteiger partial charge in [-0.15, -0.1) is 0 Å². The first-order valence-electron chi connectivity index (χ1n) is 11.1. The molecular weight excluding hydrogens is 449 g/mol. The standard InChI is InChI=1S/C24H29F3N4O3/c1-23(2,34)17-11-18(28)15(12-29-16-8-6-14(13-32)7-9-16)10-20(17)31-22(33)19-4-3-5-21(30-19)24(25,26)27/h3-5,10-12,14,16,28-29,32,34H,6-9,13H2,1-2H3,(H,31,33)/b15-12-,28-18?. The van der Waals surface area contributed by atoms with E-state index >= 15 is 0 Å². The molecule has 2 aliphatic carbocycles. The largest absolute Gasteiger partial charge is 0.433 e. The molecule has 0 unspecified atom stereocenters. The van der Waals surface area contributed by atoms with Crippen molar-refractivity contribution in [3.05, 3.63) is 64.8 Å². The molecule has 7 nitrogen and oxygen atoms in total. The van der Waals surface area contributed by atoms with Crippen LogP contribution in [0.25, 0.3) is 0 Å². The van der Waals surface area contributed by atoms with E-state index in [9.17, 15) is 28.2 Å². The predicted octanol–water partition coefficient (Wildman–Crippen LogP) is 3.47. The van der Waals surface area contributed by atoms with Crippen molar-refractivity contribution in [2.24, 2.45) is 5.92 Å². The van der Waals surface area contributed by atoms with Gasteiger partial charge in [-0.25, -0.2) is 4.98 Å². The Morgan fingerprint density at radius 2 is 1.88 bits per heavy atom. The molecule has 0 aliphatic heterocycles. The van der Waals surface area contributed by atoms with Gasteiger partial charge >= 0.3 is 6.18 Å². The highest BCUT2D eigenvalue weighted by atomic mass is 19.4. The lowest BCUT2D eigenvalue weighted by Gasteiger charge is -2.29. The summed E-state index contributed by atoms with van der Waals surface area (Å²) in [7, 11) is 0. The van der Waals surface area contributed by atoms with Crippen molar-refractivity contribution in [1.29, 1.82) is 5.41 Å². The number of halogens is 3. The number of allylic oxidation sites excluding steroid dienone is 3. The molecule has 0 aromatic carbocycles. The number of carbonyl (C=O) groups is 1. The molecule has 1 amide bonds. The molecule has 184 valence electrons. The lowest BCUT2D eigenvalue weighted by Crippen LogP contribution is -2.35. The van der Waals surface area contributed by atoms with Gasteiger partial charge in [0.2, 0.25) is 0 Å². The highest BCUT2D eigenvalue weighted by Gasteiger charge is 2.33. The Hall–Kier alpha value is -2.98. The highest BCUT2D eigenvalue weighted by molar-refractivity contribution is 6.11. The molecular formula is C24H29F3N4O3. The van der Waals surface area contributed by atoms with Gasteiger partial charge in [-0.1, -0.05) is 6.07 Å². The van der Waals surface area contributed by atoms with Gasteiger partial charge in [-0.2, -0.15) is 13.2 Å². The van der Waals surface area contributed by atoms with Crippen LogP contribution < -0.4 is 10.6 Å². The molecule has 0 spiro atoms. The minimum absolute atomic E-state index is 0.115. The van der Waals surface area contributed by atoms with E-state index in [0.717, 1.165) is 37.8 Å². The van der Waals surface area contributed by atoms with E-state index in [0.29, 0.717) is 11.5 Å². The van der Waals surface area contributed by atoms with Crippen molar-refractivity contribution >= 4 is 11.6 Å². The van der Waals surface area contributed by atoms with Crippen molar-refractivity contribution < 1.29 is 28.2 Å². The van der Waals surface area contributed by atoms with Gasteiger partial charge in [0.1, 0.15) is 11.4 Å². The molecule has 3 rings (SSSR count). The van der Waals surface area contributed by atoms with Gasteiger partial charge in [0, 0.05) is 35.7 Å². The van der Waals surface area contributed by atoms with E-state index in [1.165, 1.54) is 32.1 Å². The maximum Gasteiger partial charge on any atom is 0.433 e. The van der Waals surface area contributed by atoms with Crippen LogP contribution in [0.15, 0.2) is 53.4 Å². The molecule has 34 heavy (non-hydrogen) atoms. The maximum absolute atomic E-state index is 13.0. The average Bonchev–Trinajstić information content (AvgIpc) is 2.78. The van der Waals surface area contributed by atoms with Gasteiger partial charge in [0.05, 0.1) is 11.3 Å². The highest BCUT2D eigenvalue weighted by Crippen LogP contribution is 2.30. The number of hydrogen-bond donors (Lipinski definition) is 5. The van der Waals surface area contributed by atoms with Crippen LogP contribution in [-0.4, -0.2) is 45.1 Å². The SMILES string of the molecule is CC(C)(O)C1=CC(=N)/C(=C\NC2CCC(CO)CC2)C=C1NC(=O)c1cccc(C(F)(F)F)n1. The zero-order valence-corrected chi connectivity index (χ0v) is 19.0. The maximum atomic E-state index is 13.0. The molecule has 0 radical (unpaired) electrons.